The minimum atomic E-state index is -0.742. The standard InChI is InChI=1S/C22H22N2O5/c1-3-4-13-24-21(26)18-8-6-5-7-17(18)20(23-24)22(27)29-14-19(25)15-9-11-16(28-2)12-10-15/h5-12H,3-4,13-14H2,1-2H3. The van der Waals surface area contributed by atoms with Crippen LogP contribution in [0.2, 0.25) is 0 Å². The SMILES string of the molecule is CCCCn1nc(C(=O)OCC(=O)c2ccc(OC)cc2)c2ccccc2c1=O. The molecule has 0 saturated carbocycles. The lowest BCUT2D eigenvalue weighted by Gasteiger charge is -2.10. The molecule has 0 aliphatic heterocycles. The molecule has 7 heteroatoms. The molecule has 0 atom stereocenters. The van der Waals surface area contributed by atoms with Gasteiger partial charge in [0.15, 0.2) is 18.1 Å². The van der Waals surface area contributed by atoms with Gasteiger partial charge in [0, 0.05) is 17.5 Å². The second-order valence-electron chi connectivity index (χ2n) is 6.50. The topological polar surface area (TPSA) is 87.5 Å². The van der Waals surface area contributed by atoms with Crippen molar-refractivity contribution in [2.24, 2.45) is 0 Å². The lowest BCUT2D eigenvalue weighted by atomic mass is 10.1. The summed E-state index contributed by atoms with van der Waals surface area (Å²) < 4.78 is 11.6. The van der Waals surface area contributed by atoms with E-state index in [2.05, 4.69) is 5.10 Å². The van der Waals surface area contributed by atoms with Crippen molar-refractivity contribution in [1.82, 2.24) is 9.78 Å². The number of aromatic nitrogens is 2. The van der Waals surface area contributed by atoms with Crippen molar-refractivity contribution < 1.29 is 19.1 Å². The Balaban J connectivity index is 1.83. The molecule has 0 saturated heterocycles. The fraction of sp³-hybridized carbons (Fsp3) is 0.273. The highest BCUT2D eigenvalue weighted by molar-refractivity contribution is 6.04. The quantitative estimate of drug-likeness (QED) is 0.431. The number of methoxy groups -OCH3 is 1. The Bertz CT molecular complexity index is 1090. The minimum absolute atomic E-state index is 0.0267. The number of unbranched alkanes of at least 4 members (excludes halogenated alkanes) is 1. The maximum absolute atomic E-state index is 12.7. The van der Waals surface area contributed by atoms with Gasteiger partial charge in [0.2, 0.25) is 0 Å². The highest BCUT2D eigenvalue weighted by Crippen LogP contribution is 2.15. The molecule has 0 bridgehead atoms. The molecule has 0 amide bonds. The Hall–Kier alpha value is -3.48. The molecule has 0 radical (unpaired) electrons. The minimum Gasteiger partial charge on any atom is -0.497 e. The summed E-state index contributed by atoms with van der Waals surface area (Å²) in [5, 5.41) is 5.02. The number of Topliss-reactive ketones (excluding diaryl/α,β-unsaturated/α-hetero) is 1. The Kier molecular flexibility index (Phi) is 6.39. The van der Waals surface area contributed by atoms with Crippen molar-refractivity contribution >= 4 is 22.5 Å². The van der Waals surface area contributed by atoms with E-state index in [-0.39, 0.29) is 17.0 Å². The second-order valence-corrected chi connectivity index (χ2v) is 6.50. The van der Waals surface area contributed by atoms with Crippen molar-refractivity contribution in [3.63, 3.8) is 0 Å². The molecular formula is C22H22N2O5. The van der Waals surface area contributed by atoms with E-state index in [1.165, 1.54) is 11.8 Å². The Morgan fingerprint density at radius 2 is 1.72 bits per heavy atom. The molecule has 3 rings (SSSR count). The van der Waals surface area contributed by atoms with Crippen LogP contribution in [0.25, 0.3) is 10.8 Å². The number of carbonyl (C=O) groups is 2. The number of carbonyl (C=O) groups excluding carboxylic acids is 2. The van der Waals surface area contributed by atoms with Crippen LogP contribution in [-0.2, 0) is 11.3 Å². The zero-order valence-electron chi connectivity index (χ0n) is 16.4. The summed E-state index contributed by atoms with van der Waals surface area (Å²) in [7, 11) is 1.54. The van der Waals surface area contributed by atoms with Gasteiger partial charge < -0.3 is 9.47 Å². The molecule has 0 aliphatic carbocycles. The Morgan fingerprint density at radius 1 is 1.03 bits per heavy atom. The number of nitrogens with zero attached hydrogens (tertiary/aromatic N) is 2. The predicted molar refractivity (Wildman–Crippen MR) is 109 cm³/mol. The third-order valence-electron chi connectivity index (χ3n) is 4.53. The maximum Gasteiger partial charge on any atom is 0.359 e. The highest BCUT2D eigenvalue weighted by atomic mass is 16.5. The maximum atomic E-state index is 12.7. The van der Waals surface area contributed by atoms with Gasteiger partial charge in [-0.15, -0.1) is 0 Å². The Labute approximate surface area is 167 Å². The molecule has 0 N–H and O–H groups in total. The van der Waals surface area contributed by atoms with E-state index in [9.17, 15) is 14.4 Å². The van der Waals surface area contributed by atoms with Gasteiger partial charge in [-0.1, -0.05) is 31.5 Å². The van der Waals surface area contributed by atoms with Crippen LogP contribution in [0, 0.1) is 0 Å². The normalized spacial score (nSPS) is 10.7. The van der Waals surface area contributed by atoms with Crippen molar-refractivity contribution in [2.75, 3.05) is 13.7 Å². The summed E-state index contributed by atoms with van der Waals surface area (Å²) in [6, 6.07) is 13.3. The van der Waals surface area contributed by atoms with Crippen LogP contribution in [0.4, 0.5) is 0 Å². The number of benzene rings is 2. The van der Waals surface area contributed by atoms with Gasteiger partial charge in [0.05, 0.1) is 12.5 Å². The van der Waals surface area contributed by atoms with Crippen LogP contribution in [0.1, 0.15) is 40.6 Å². The fourth-order valence-corrected chi connectivity index (χ4v) is 2.91. The lowest BCUT2D eigenvalue weighted by molar-refractivity contribution is 0.0468. The average Bonchev–Trinajstić information content (AvgIpc) is 2.77. The number of esters is 1. The first kappa shape index (κ1) is 20.3. The van der Waals surface area contributed by atoms with E-state index in [0.29, 0.717) is 28.6 Å². The summed E-state index contributed by atoms with van der Waals surface area (Å²) in [4.78, 5) is 37.6. The van der Waals surface area contributed by atoms with Crippen molar-refractivity contribution in [2.45, 2.75) is 26.3 Å². The van der Waals surface area contributed by atoms with Crippen LogP contribution >= 0.6 is 0 Å². The van der Waals surface area contributed by atoms with E-state index in [4.69, 9.17) is 9.47 Å². The summed E-state index contributed by atoms with van der Waals surface area (Å²) >= 11 is 0. The average molecular weight is 394 g/mol. The van der Waals surface area contributed by atoms with Gasteiger partial charge in [-0.3, -0.25) is 9.59 Å². The van der Waals surface area contributed by atoms with Crippen LogP contribution in [-0.4, -0.2) is 35.2 Å². The smallest absolute Gasteiger partial charge is 0.359 e. The molecule has 2 aromatic carbocycles. The van der Waals surface area contributed by atoms with Crippen LogP contribution in [0.3, 0.4) is 0 Å². The molecule has 0 unspecified atom stereocenters. The van der Waals surface area contributed by atoms with Gasteiger partial charge in [-0.05, 0) is 36.8 Å². The third kappa shape index (κ3) is 4.51. The van der Waals surface area contributed by atoms with E-state index < -0.39 is 12.6 Å². The summed E-state index contributed by atoms with van der Waals surface area (Å²) in [5.41, 5.74) is 0.183. The molecule has 3 aromatic rings. The fourth-order valence-electron chi connectivity index (χ4n) is 2.91. The molecule has 150 valence electrons. The number of aryl methyl sites for hydroxylation is 1. The largest absolute Gasteiger partial charge is 0.497 e. The first-order valence-corrected chi connectivity index (χ1v) is 9.39. The molecule has 7 nitrogen and oxygen atoms in total. The van der Waals surface area contributed by atoms with Crippen LogP contribution in [0.15, 0.2) is 53.3 Å². The molecular weight excluding hydrogens is 372 g/mol. The summed E-state index contributed by atoms with van der Waals surface area (Å²) in [6.07, 6.45) is 1.65. The van der Waals surface area contributed by atoms with Crippen LogP contribution < -0.4 is 10.3 Å². The number of hydrogen-bond acceptors (Lipinski definition) is 6. The predicted octanol–water partition coefficient (Wildman–Crippen LogP) is 3.24. The Morgan fingerprint density at radius 3 is 2.38 bits per heavy atom. The third-order valence-corrected chi connectivity index (χ3v) is 4.53. The van der Waals surface area contributed by atoms with Crippen molar-refractivity contribution in [3.8, 4) is 5.75 Å². The molecule has 1 aromatic heterocycles. The molecule has 0 fully saturated rings. The van der Waals surface area contributed by atoms with Crippen molar-refractivity contribution in [3.05, 3.63) is 70.1 Å². The van der Waals surface area contributed by atoms with Crippen LogP contribution in [0.5, 0.6) is 5.75 Å². The molecule has 0 aliphatic rings. The highest BCUT2D eigenvalue weighted by Gasteiger charge is 2.19. The van der Waals surface area contributed by atoms with E-state index in [1.807, 2.05) is 6.92 Å². The zero-order chi connectivity index (χ0) is 20.8. The van der Waals surface area contributed by atoms with Gasteiger partial charge in [-0.2, -0.15) is 5.10 Å². The first-order chi connectivity index (χ1) is 14.0. The number of hydrogen-bond donors (Lipinski definition) is 0. The molecule has 0 spiro atoms. The number of ketones is 1. The number of fused-ring (bicyclic) bond motifs is 1. The molecule has 29 heavy (non-hydrogen) atoms. The van der Waals surface area contributed by atoms with Crippen molar-refractivity contribution in [1.29, 1.82) is 0 Å². The first-order valence-electron chi connectivity index (χ1n) is 9.39. The number of ether oxygens (including phenoxy) is 2. The van der Waals surface area contributed by atoms with E-state index in [0.717, 1.165) is 12.8 Å². The van der Waals surface area contributed by atoms with Gasteiger partial charge in [0.25, 0.3) is 5.56 Å². The second kappa shape index (κ2) is 9.14. The van der Waals surface area contributed by atoms with Gasteiger partial charge >= 0.3 is 5.97 Å². The lowest BCUT2D eigenvalue weighted by Crippen LogP contribution is -2.27. The van der Waals surface area contributed by atoms with E-state index in [1.54, 1.807) is 48.5 Å². The summed E-state index contributed by atoms with van der Waals surface area (Å²) in [6.45, 7) is 1.99. The monoisotopic (exact) mass is 394 g/mol. The number of rotatable bonds is 8. The summed E-state index contributed by atoms with van der Waals surface area (Å²) in [5.74, 6) is -0.457. The van der Waals surface area contributed by atoms with E-state index >= 15 is 0 Å². The molecule has 1 heterocycles. The van der Waals surface area contributed by atoms with Gasteiger partial charge in [-0.25, -0.2) is 9.48 Å². The van der Waals surface area contributed by atoms with Gasteiger partial charge in [0.1, 0.15) is 5.75 Å². The zero-order valence-corrected chi connectivity index (χ0v) is 16.4.